The van der Waals surface area contributed by atoms with Crippen LogP contribution in [0.3, 0.4) is 0 Å². The largest absolute Gasteiger partial charge is 0.310 e. The number of rotatable bonds is 7. The summed E-state index contributed by atoms with van der Waals surface area (Å²) in [6, 6.07) is 65.0. The third-order valence-corrected chi connectivity index (χ3v) is 9.04. The zero-order chi connectivity index (χ0) is 33.3. The minimum atomic E-state index is 0.580. The summed E-state index contributed by atoms with van der Waals surface area (Å²) >= 11 is 0. The summed E-state index contributed by atoms with van der Waals surface area (Å²) < 4.78 is 2.15. The maximum atomic E-state index is 5.19. The Morgan fingerprint density at radius 1 is 0.380 bits per heavy atom. The van der Waals surface area contributed by atoms with Crippen LogP contribution in [0.5, 0.6) is 0 Å². The van der Waals surface area contributed by atoms with E-state index in [-0.39, 0.29) is 0 Å². The summed E-state index contributed by atoms with van der Waals surface area (Å²) in [5, 5.41) is 2.32. The molecular weight excluding hydrogens is 611 g/mol. The molecule has 2 heterocycles. The van der Waals surface area contributed by atoms with Gasteiger partial charge in [0.1, 0.15) is 0 Å². The van der Waals surface area contributed by atoms with Gasteiger partial charge in [-0.2, -0.15) is 9.97 Å². The van der Waals surface area contributed by atoms with E-state index in [2.05, 4.69) is 155 Å². The molecule has 50 heavy (non-hydrogen) atoms. The molecule has 0 N–H and O–H groups in total. The first-order chi connectivity index (χ1) is 24.8. The van der Waals surface area contributed by atoms with Crippen molar-refractivity contribution in [3.8, 4) is 39.9 Å². The van der Waals surface area contributed by atoms with E-state index in [4.69, 9.17) is 15.0 Å². The molecule has 2 aromatic heterocycles. The number of hydrogen-bond acceptors (Lipinski definition) is 4. The number of aromatic nitrogens is 4. The molecule has 7 aromatic carbocycles. The lowest BCUT2D eigenvalue weighted by molar-refractivity contribution is 0.953. The second kappa shape index (κ2) is 12.6. The molecule has 0 spiro atoms. The molecule has 5 heteroatoms. The lowest BCUT2D eigenvalue weighted by atomic mass is 9.99. The van der Waals surface area contributed by atoms with Crippen molar-refractivity contribution in [2.24, 2.45) is 0 Å². The molecule has 0 fully saturated rings. The summed E-state index contributed by atoms with van der Waals surface area (Å²) in [5.41, 5.74) is 9.35. The normalized spacial score (nSPS) is 11.2. The molecule has 0 aliphatic carbocycles. The van der Waals surface area contributed by atoms with Gasteiger partial charge in [-0.1, -0.05) is 140 Å². The first kappa shape index (κ1) is 29.3. The van der Waals surface area contributed by atoms with Crippen molar-refractivity contribution in [1.82, 2.24) is 19.5 Å². The molecule has 0 radical (unpaired) electrons. The summed E-state index contributed by atoms with van der Waals surface area (Å²) in [6.45, 7) is 0. The number of para-hydroxylation sites is 5. The predicted molar refractivity (Wildman–Crippen MR) is 205 cm³/mol. The summed E-state index contributed by atoms with van der Waals surface area (Å²) in [5.74, 6) is 1.81. The maximum Gasteiger partial charge on any atom is 0.238 e. The highest BCUT2D eigenvalue weighted by molar-refractivity contribution is 6.09. The molecule has 0 saturated carbocycles. The van der Waals surface area contributed by atoms with E-state index < -0.39 is 0 Å². The fourth-order valence-electron chi connectivity index (χ4n) is 6.77. The van der Waals surface area contributed by atoms with Gasteiger partial charge in [-0.25, -0.2) is 4.98 Å². The quantitative estimate of drug-likeness (QED) is 0.174. The van der Waals surface area contributed by atoms with E-state index in [1.54, 1.807) is 0 Å². The lowest BCUT2D eigenvalue weighted by Crippen LogP contribution is -2.11. The van der Waals surface area contributed by atoms with Gasteiger partial charge in [-0.15, -0.1) is 0 Å². The van der Waals surface area contributed by atoms with Crippen LogP contribution in [0.4, 0.5) is 17.1 Å². The summed E-state index contributed by atoms with van der Waals surface area (Å²) in [7, 11) is 0. The number of anilines is 3. The molecule has 0 amide bonds. The van der Waals surface area contributed by atoms with Crippen LogP contribution in [-0.2, 0) is 0 Å². The SMILES string of the molecule is c1ccc(-c2nc(-c3cccc(-c4ccccc4N(c4ccccc4)c4ccccc4)c3)nc(-n3c4ccccc4c4ccccc43)n2)cc1. The predicted octanol–water partition coefficient (Wildman–Crippen LogP) is 11.4. The number of nitrogens with zero attached hydrogens (tertiary/aromatic N) is 5. The second-order valence-corrected chi connectivity index (χ2v) is 12.1. The van der Waals surface area contributed by atoms with Crippen LogP contribution in [0.1, 0.15) is 0 Å². The standard InChI is InChI=1S/C45H31N5/c1-4-17-32(18-5-1)43-46-44(48-45(47-43)50-41-29-14-11-26-38(41)39-27-12-15-30-42(39)50)34-20-16-19-33(31-34)37-25-10-13-28-40(37)49(35-21-6-2-7-22-35)36-23-8-3-9-24-36/h1-31H. The molecule has 0 unspecified atom stereocenters. The van der Waals surface area contributed by atoms with Crippen LogP contribution in [0.2, 0.25) is 0 Å². The molecule has 0 aliphatic heterocycles. The third kappa shape index (κ3) is 5.27. The molecule has 0 saturated heterocycles. The van der Waals surface area contributed by atoms with E-state index >= 15 is 0 Å². The zero-order valence-electron chi connectivity index (χ0n) is 27.1. The average molecular weight is 642 g/mol. The Kier molecular flexibility index (Phi) is 7.41. The molecule has 0 bridgehead atoms. The minimum absolute atomic E-state index is 0.580. The maximum absolute atomic E-state index is 5.19. The van der Waals surface area contributed by atoms with Crippen molar-refractivity contribution in [3.05, 3.63) is 188 Å². The fraction of sp³-hybridized carbons (Fsp3) is 0. The highest BCUT2D eigenvalue weighted by Gasteiger charge is 2.20. The summed E-state index contributed by atoms with van der Waals surface area (Å²) in [4.78, 5) is 17.7. The van der Waals surface area contributed by atoms with Crippen molar-refractivity contribution >= 4 is 38.9 Å². The second-order valence-electron chi connectivity index (χ2n) is 12.1. The average Bonchev–Trinajstić information content (AvgIpc) is 3.54. The highest BCUT2D eigenvalue weighted by atomic mass is 15.2. The zero-order valence-corrected chi connectivity index (χ0v) is 27.1. The molecule has 236 valence electrons. The molecule has 9 rings (SSSR count). The van der Waals surface area contributed by atoms with Gasteiger partial charge in [0.05, 0.1) is 16.7 Å². The Bertz CT molecular complexity index is 2500. The molecule has 5 nitrogen and oxygen atoms in total. The van der Waals surface area contributed by atoms with E-state index in [1.807, 2.05) is 42.5 Å². The molecule has 0 aliphatic rings. The van der Waals surface area contributed by atoms with E-state index in [0.717, 1.165) is 61.1 Å². The van der Waals surface area contributed by atoms with Gasteiger partial charge in [0.15, 0.2) is 11.6 Å². The molecule has 0 atom stereocenters. The smallest absolute Gasteiger partial charge is 0.238 e. The number of hydrogen-bond donors (Lipinski definition) is 0. The van der Waals surface area contributed by atoms with Gasteiger partial charge in [0.25, 0.3) is 0 Å². The fourth-order valence-corrected chi connectivity index (χ4v) is 6.77. The monoisotopic (exact) mass is 641 g/mol. The Balaban J connectivity index is 1.23. The van der Waals surface area contributed by atoms with Crippen molar-refractivity contribution < 1.29 is 0 Å². The van der Waals surface area contributed by atoms with Gasteiger partial charge in [0, 0.05) is 38.8 Å². The van der Waals surface area contributed by atoms with Crippen LogP contribution >= 0.6 is 0 Å². The van der Waals surface area contributed by atoms with Gasteiger partial charge >= 0.3 is 0 Å². The van der Waals surface area contributed by atoms with E-state index in [1.165, 1.54) is 0 Å². The van der Waals surface area contributed by atoms with Crippen molar-refractivity contribution in [2.75, 3.05) is 4.90 Å². The number of benzene rings is 7. The first-order valence-corrected chi connectivity index (χ1v) is 16.7. The van der Waals surface area contributed by atoms with Gasteiger partial charge < -0.3 is 4.90 Å². The van der Waals surface area contributed by atoms with Gasteiger partial charge in [-0.3, -0.25) is 4.57 Å². The van der Waals surface area contributed by atoms with Gasteiger partial charge in [-0.05, 0) is 54.1 Å². The van der Waals surface area contributed by atoms with E-state index in [0.29, 0.717) is 17.6 Å². The molecule has 9 aromatic rings. The van der Waals surface area contributed by atoms with Crippen molar-refractivity contribution in [2.45, 2.75) is 0 Å². The van der Waals surface area contributed by atoms with Crippen molar-refractivity contribution in [3.63, 3.8) is 0 Å². The van der Waals surface area contributed by atoms with Crippen LogP contribution < -0.4 is 4.90 Å². The topological polar surface area (TPSA) is 46.8 Å². The van der Waals surface area contributed by atoms with Gasteiger partial charge in [0.2, 0.25) is 5.95 Å². The highest BCUT2D eigenvalue weighted by Crippen LogP contribution is 2.41. The van der Waals surface area contributed by atoms with Crippen LogP contribution in [-0.4, -0.2) is 19.5 Å². The van der Waals surface area contributed by atoms with Crippen LogP contribution in [0, 0.1) is 0 Å². The lowest BCUT2D eigenvalue weighted by Gasteiger charge is -2.27. The summed E-state index contributed by atoms with van der Waals surface area (Å²) in [6.07, 6.45) is 0. The minimum Gasteiger partial charge on any atom is -0.310 e. The Hall–Kier alpha value is -6.85. The Morgan fingerprint density at radius 3 is 1.50 bits per heavy atom. The number of fused-ring (bicyclic) bond motifs is 3. The third-order valence-electron chi connectivity index (χ3n) is 9.04. The van der Waals surface area contributed by atoms with Crippen LogP contribution in [0.15, 0.2) is 188 Å². The Morgan fingerprint density at radius 2 is 0.860 bits per heavy atom. The van der Waals surface area contributed by atoms with Crippen molar-refractivity contribution in [1.29, 1.82) is 0 Å². The molecular formula is C45H31N5. The van der Waals surface area contributed by atoms with Crippen LogP contribution in [0.25, 0.3) is 61.7 Å². The Labute approximate surface area is 290 Å². The first-order valence-electron chi connectivity index (χ1n) is 16.7. The van der Waals surface area contributed by atoms with E-state index in [9.17, 15) is 0 Å².